The van der Waals surface area contributed by atoms with Crippen molar-refractivity contribution in [3.63, 3.8) is 0 Å². The van der Waals surface area contributed by atoms with Crippen molar-refractivity contribution in [2.75, 3.05) is 38.6 Å². The molecule has 0 spiro atoms. The first kappa shape index (κ1) is 18.2. The standard InChI is InChI=1S/C16H22F2N2O2S/c1-16(2,20-5-7-22-8-6-20)11-19-15(21)10-23-14-4-3-12(17)9-13(14)18/h3-4,9H,5-8,10-11H2,1-2H3,(H,19,21)/p+1. The number of morpholine rings is 1. The molecule has 2 rings (SSSR count). The van der Waals surface area contributed by atoms with E-state index in [-0.39, 0.29) is 22.1 Å². The Bertz CT molecular complexity index is 549. The van der Waals surface area contributed by atoms with Gasteiger partial charge in [-0.1, -0.05) is 0 Å². The minimum Gasteiger partial charge on any atom is -0.370 e. The van der Waals surface area contributed by atoms with Gasteiger partial charge in [0.25, 0.3) is 0 Å². The lowest BCUT2D eigenvalue weighted by atomic mass is 10.0. The summed E-state index contributed by atoms with van der Waals surface area (Å²) in [5, 5.41) is 2.90. The zero-order valence-corrected chi connectivity index (χ0v) is 14.3. The Morgan fingerprint density at radius 2 is 2.04 bits per heavy atom. The van der Waals surface area contributed by atoms with Crippen molar-refractivity contribution in [2.24, 2.45) is 0 Å². The molecule has 0 unspecified atom stereocenters. The van der Waals surface area contributed by atoms with Crippen molar-refractivity contribution in [1.82, 2.24) is 5.32 Å². The van der Waals surface area contributed by atoms with Crippen molar-refractivity contribution >= 4 is 17.7 Å². The molecule has 1 fully saturated rings. The second-order valence-corrected chi connectivity index (χ2v) is 7.26. The number of halogens is 2. The van der Waals surface area contributed by atoms with Gasteiger partial charge in [-0.05, 0) is 26.0 Å². The van der Waals surface area contributed by atoms with Crippen molar-refractivity contribution in [3.05, 3.63) is 29.8 Å². The van der Waals surface area contributed by atoms with E-state index in [4.69, 9.17) is 4.74 Å². The Morgan fingerprint density at radius 3 is 2.70 bits per heavy atom. The molecule has 1 aromatic carbocycles. The van der Waals surface area contributed by atoms with Gasteiger partial charge in [-0.15, -0.1) is 11.8 Å². The predicted octanol–water partition coefficient (Wildman–Crippen LogP) is 0.867. The lowest BCUT2D eigenvalue weighted by Crippen LogP contribution is -3.22. The number of ether oxygens (including phenoxy) is 1. The van der Waals surface area contributed by atoms with Gasteiger partial charge in [-0.2, -0.15) is 0 Å². The lowest BCUT2D eigenvalue weighted by Gasteiger charge is -2.37. The summed E-state index contributed by atoms with van der Waals surface area (Å²) in [6.45, 7) is 8.12. The number of hydrogen-bond acceptors (Lipinski definition) is 3. The SMILES string of the molecule is CC(C)(CNC(=O)CSc1ccc(F)cc1F)[NH+]1CCOCC1. The first-order valence-electron chi connectivity index (χ1n) is 7.66. The first-order valence-corrected chi connectivity index (χ1v) is 8.64. The second kappa shape index (κ2) is 8.08. The van der Waals surface area contributed by atoms with Crippen LogP contribution in [0.2, 0.25) is 0 Å². The van der Waals surface area contributed by atoms with E-state index in [9.17, 15) is 13.6 Å². The van der Waals surface area contributed by atoms with Gasteiger partial charge in [0, 0.05) is 11.0 Å². The summed E-state index contributed by atoms with van der Waals surface area (Å²) in [7, 11) is 0. The quantitative estimate of drug-likeness (QED) is 0.752. The van der Waals surface area contributed by atoms with Crippen LogP contribution in [0.15, 0.2) is 23.1 Å². The van der Waals surface area contributed by atoms with E-state index in [0.29, 0.717) is 6.54 Å². The summed E-state index contributed by atoms with van der Waals surface area (Å²) < 4.78 is 31.7. The molecule has 2 N–H and O–H groups in total. The van der Waals surface area contributed by atoms with E-state index in [1.807, 2.05) is 0 Å². The average molecular weight is 345 g/mol. The molecule has 23 heavy (non-hydrogen) atoms. The summed E-state index contributed by atoms with van der Waals surface area (Å²) >= 11 is 1.07. The fourth-order valence-electron chi connectivity index (χ4n) is 2.53. The predicted molar refractivity (Wildman–Crippen MR) is 85.7 cm³/mol. The van der Waals surface area contributed by atoms with Crippen LogP contribution in [0.5, 0.6) is 0 Å². The van der Waals surface area contributed by atoms with Crippen molar-refractivity contribution in [1.29, 1.82) is 0 Å². The minimum atomic E-state index is -0.638. The number of carbonyl (C=O) groups is 1. The van der Waals surface area contributed by atoms with E-state index in [2.05, 4.69) is 19.2 Å². The average Bonchev–Trinajstić information content (AvgIpc) is 2.53. The summed E-state index contributed by atoms with van der Waals surface area (Å²) in [5.74, 6) is -1.30. The summed E-state index contributed by atoms with van der Waals surface area (Å²) in [5.41, 5.74) is -0.0781. The Kier molecular flexibility index (Phi) is 6.38. The number of thioether (sulfide) groups is 1. The van der Waals surface area contributed by atoms with E-state index in [0.717, 1.165) is 44.1 Å². The number of hydrogen-bond donors (Lipinski definition) is 2. The van der Waals surface area contributed by atoms with Crippen LogP contribution in [0.3, 0.4) is 0 Å². The van der Waals surface area contributed by atoms with Gasteiger partial charge in [0.15, 0.2) is 0 Å². The van der Waals surface area contributed by atoms with Gasteiger partial charge in [0.05, 0.1) is 25.5 Å². The van der Waals surface area contributed by atoms with E-state index in [1.54, 1.807) is 0 Å². The molecule has 1 aliphatic heterocycles. The first-order chi connectivity index (χ1) is 10.9. The lowest BCUT2D eigenvalue weighted by molar-refractivity contribution is -0.954. The molecule has 1 saturated heterocycles. The molecule has 0 radical (unpaired) electrons. The zero-order valence-electron chi connectivity index (χ0n) is 13.5. The van der Waals surface area contributed by atoms with Crippen molar-refractivity contribution < 1.29 is 23.2 Å². The molecule has 1 amide bonds. The molecule has 4 nitrogen and oxygen atoms in total. The fourth-order valence-corrected chi connectivity index (χ4v) is 3.28. The Labute approximate surface area is 139 Å². The van der Waals surface area contributed by atoms with Crippen molar-refractivity contribution in [3.8, 4) is 0 Å². The van der Waals surface area contributed by atoms with Crippen molar-refractivity contribution in [2.45, 2.75) is 24.3 Å². The van der Waals surface area contributed by atoms with E-state index >= 15 is 0 Å². The van der Waals surface area contributed by atoms with Crippen LogP contribution in [0.4, 0.5) is 8.78 Å². The molecule has 128 valence electrons. The Morgan fingerprint density at radius 1 is 1.35 bits per heavy atom. The maximum absolute atomic E-state index is 13.5. The molecule has 0 atom stereocenters. The number of benzene rings is 1. The van der Waals surface area contributed by atoms with Gasteiger partial charge < -0.3 is 15.0 Å². The third-order valence-corrected chi connectivity index (χ3v) is 5.08. The largest absolute Gasteiger partial charge is 0.370 e. The minimum absolute atomic E-state index is 0.0781. The maximum Gasteiger partial charge on any atom is 0.230 e. The zero-order chi connectivity index (χ0) is 16.9. The number of amides is 1. The monoisotopic (exact) mass is 345 g/mol. The molecule has 0 aliphatic carbocycles. The smallest absolute Gasteiger partial charge is 0.230 e. The highest BCUT2D eigenvalue weighted by molar-refractivity contribution is 8.00. The van der Waals surface area contributed by atoms with Gasteiger partial charge in [-0.25, -0.2) is 8.78 Å². The molecular weight excluding hydrogens is 322 g/mol. The van der Waals surface area contributed by atoms with Crippen LogP contribution in [-0.2, 0) is 9.53 Å². The third kappa shape index (κ3) is 5.44. The molecule has 0 aromatic heterocycles. The fraction of sp³-hybridized carbons (Fsp3) is 0.562. The number of nitrogens with one attached hydrogen (secondary N) is 2. The number of carbonyl (C=O) groups excluding carboxylic acids is 1. The van der Waals surface area contributed by atoms with Crippen LogP contribution >= 0.6 is 11.8 Å². The topological polar surface area (TPSA) is 42.8 Å². The third-order valence-electron chi connectivity index (χ3n) is 4.03. The Hall–Kier alpha value is -1.18. The molecule has 1 aromatic rings. The Balaban J connectivity index is 1.78. The molecule has 1 heterocycles. The van der Waals surface area contributed by atoms with Crippen LogP contribution in [0.1, 0.15) is 13.8 Å². The summed E-state index contributed by atoms with van der Waals surface area (Å²) in [4.78, 5) is 13.6. The van der Waals surface area contributed by atoms with Gasteiger partial charge in [-0.3, -0.25) is 4.79 Å². The van der Waals surface area contributed by atoms with E-state index < -0.39 is 11.6 Å². The molecule has 0 bridgehead atoms. The molecular formula is C16H23F2N2O2S+. The van der Waals surface area contributed by atoms with Crippen LogP contribution in [0, 0.1) is 11.6 Å². The number of rotatable bonds is 6. The highest BCUT2D eigenvalue weighted by atomic mass is 32.2. The van der Waals surface area contributed by atoms with Gasteiger partial charge in [0.1, 0.15) is 30.3 Å². The van der Waals surface area contributed by atoms with Gasteiger partial charge >= 0.3 is 0 Å². The molecule has 0 saturated carbocycles. The van der Waals surface area contributed by atoms with Crippen LogP contribution < -0.4 is 10.2 Å². The molecule has 7 heteroatoms. The van der Waals surface area contributed by atoms with Crippen LogP contribution in [0.25, 0.3) is 0 Å². The normalized spacial score (nSPS) is 16.3. The summed E-state index contributed by atoms with van der Waals surface area (Å²) in [6.07, 6.45) is 0. The van der Waals surface area contributed by atoms with E-state index in [1.165, 1.54) is 17.0 Å². The summed E-state index contributed by atoms with van der Waals surface area (Å²) in [6, 6.07) is 3.36. The highest BCUT2D eigenvalue weighted by Crippen LogP contribution is 2.21. The second-order valence-electron chi connectivity index (χ2n) is 6.24. The van der Waals surface area contributed by atoms with Crippen LogP contribution in [-0.4, -0.2) is 50.0 Å². The molecule has 1 aliphatic rings. The van der Waals surface area contributed by atoms with Gasteiger partial charge in [0.2, 0.25) is 5.91 Å². The number of quaternary nitrogens is 1. The highest BCUT2D eigenvalue weighted by Gasteiger charge is 2.32. The maximum atomic E-state index is 13.5.